The number of hydrogen-bond donors (Lipinski definition) is 2. The fraction of sp³-hybridized carbons (Fsp3) is 0.391. The van der Waals surface area contributed by atoms with E-state index in [4.69, 9.17) is 20.0 Å². The molecule has 2 aliphatic rings. The third-order valence-electron chi connectivity index (χ3n) is 6.00. The van der Waals surface area contributed by atoms with Gasteiger partial charge in [0.2, 0.25) is 10.0 Å². The van der Waals surface area contributed by atoms with Crippen LogP contribution in [0.1, 0.15) is 41.7 Å². The van der Waals surface area contributed by atoms with Gasteiger partial charge in [-0.2, -0.15) is 0 Å². The molecule has 1 fully saturated rings. The van der Waals surface area contributed by atoms with Crippen molar-refractivity contribution in [1.29, 1.82) is 0 Å². The zero-order valence-corrected chi connectivity index (χ0v) is 18.6. The summed E-state index contributed by atoms with van der Waals surface area (Å²) < 4.78 is 30.9. The predicted octanol–water partition coefficient (Wildman–Crippen LogP) is 2.27. The second-order valence-electron chi connectivity index (χ2n) is 8.48. The summed E-state index contributed by atoms with van der Waals surface area (Å²) in [6.45, 7) is 1.95. The summed E-state index contributed by atoms with van der Waals surface area (Å²) in [4.78, 5) is 4.85. The molecule has 5 rings (SSSR count). The highest BCUT2D eigenvalue weighted by Crippen LogP contribution is 2.32. The van der Waals surface area contributed by atoms with E-state index >= 15 is 0 Å². The molecule has 0 amide bonds. The van der Waals surface area contributed by atoms with Crippen LogP contribution in [0.4, 0.5) is 0 Å². The molecule has 0 saturated heterocycles. The molecule has 1 aliphatic carbocycles. The topological polar surface area (TPSA) is 112 Å². The van der Waals surface area contributed by atoms with E-state index in [1.807, 2.05) is 4.68 Å². The highest BCUT2D eigenvalue weighted by Gasteiger charge is 2.26. The smallest absolute Gasteiger partial charge is 0.238 e. The van der Waals surface area contributed by atoms with Gasteiger partial charge < -0.3 is 10.1 Å². The fourth-order valence-electron chi connectivity index (χ4n) is 4.12. The van der Waals surface area contributed by atoms with Crippen LogP contribution in [0.5, 0.6) is 0 Å². The van der Waals surface area contributed by atoms with Crippen LogP contribution in [0.3, 0.4) is 0 Å². The average molecular weight is 454 g/mol. The zero-order chi connectivity index (χ0) is 22.1. The molecule has 1 aromatic heterocycles. The summed E-state index contributed by atoms with van der Waals surface area (Å²) in [6.07, 6.45) is 4.27. The maximum Gasteiger partial charge on any atom is 0.238 e. The lowest BCUT2D eigenvalue weighted by Gasteiger charge is -2.26. The van der Waals surface area contributed by atoms with Crippen LogP contribution in [-0.4, -0.2) is 36.3 Å². The molecule has 9 heteroatoms. The normalized spacial score (nSPS) is 18.5. The van der Waals surface area contributed by atoms with Crippen molar-refractivity contribution in [2.45, 2.75) is 43.2 Å². The number of nitrogens with zero attached hydrogens (tertiary/aromatic N) is 3. The maximum atomic E-state index is 11.6. The van der Waals surface area contributed by atoms with E-state index in [-0.39, 0.29) is 11.0 Å². The van der Waals surface area contributed by atoms with Gasteiger partial charge in [-0.15, -0.1) is 5.10 Å². The minimum Gasteiger partial charge on any atom is -0.372 e. The van der Waals surface area contributed by atoms with Crippen LogP contribution in [0.25, 0.3) is 5.69 Å². The molecule has 3 aromatic rings. The zero-order valence-electron chi connectivity index (χ0n) is 17.8. The molecule has 0 bridgehead atoms. The Labute approximate surface area is 187 Å². The molecule has 168 valence electrons. The Morgan fingerprint density at radius 1 is 1.12 bits per heavy atom. The van der Waals surface area contributed by atoms with Crippen molar-refractivity contribution >= 4 is 10.0 Å². The monoisotopic (exact) mass is 453 g/mol. The van der Waals surface area contributed by atoms with Crippen LogP contribution < -0.4 is 10.5 Å². The van der Waals surface area contributed by atoms with Gasteiger partial charge in [0, 0.05) is 13.0 Å². The van der Waals surface area contributed by atoms with Crippen molar-refractivity contribution in [3.05, 3.63) is 71.3 Å². The molecule has 2 aromatic carbocycles. The molecule has 1 atom stereocenters. The van der Waals surface area contributed by atoms with Gasteiger partial charge in [0.1, 0.15) is 5.82 Å². The van der Waals surface area contributed by atoms with Crippen molar-refractivity contribution in [1.82, 2.24) is 20.1 Å². The number of rotatable bonds is 8. The van der Waals surface area contributed by atoms with E-state index in [1.54, 1.807) is 12.1 Å². The number of fused-ring (bicyclic) bond motifs is 1. The van der Waals surface area contributed by atoms with Crippen molar-refractivity contribution in [2.75, 3.05) is 13.2 Å². The van der Waals surface area contributed by atoms with Crippen LogP contribution in [-0.2, 0) is 34.1 Å². The molecule has 32 heavy (non-hydrogen) atoms. The van der Waals surface area contributed by atoms with E-state index in [1.165, 1.54) is 36.1 Å². The Hall–Kier alpha value is -2.59. The molecule has 0 spiro atoms. The van der Waals surface area contributed by atoms with Gasteiger partial charge in [0.05, 0.1) is 29.8 Å². The van der Waals surface area contributed by atoms with Gasteiger partial charge >= 0.3 is 0 Å². The fourth-order valence-corrected chi connectivity index (χ4v) is 4.64. The lowest BCUT2D eigenvalue weighted by atomic mass is 9.97. The first-order valence-corrected chi connectivity index (χ1v) is 12.5. The van der Waals surface area contributed by atoms with Gasteiger partial charge in [0.25, 0.3) is 0 Å². The number of sulfonamides is 1. The standard InChI is InChI=1S/C23H27N5O3S/c24-32(29,30)19-9-7-18(8-10-19)28-23(13-16-5-6-16)26-22(27-28)15-25-14-21-20-4-2-1-3-17(20)11-12-31-21/h1-4,7-10,16,21,25H,5-6,11-15H2,(H2,24,29,30). The van der Waals surface area contributed by atoms with E-state index in [9.17, 15) is 8.42 Å². The first kappa shape index (κ1) is 21.3. The van der Waals surface area contributed by atoms with Crippen molar-refractivity contribution in [2.24, 2.45) is 11.1 Å². The molecule has 1 aliphatic heterocycles. The van der Waals surface area contributed by atoms with Crippen molar-refractivity contribution < 1.29 is 13.2 Å². The lowest BCUT2D eigenvalue weighted by Crippen LogP contribution is -2.27. The molecule has 3 N–H and O–H groups in total. The first-order valence-electron chi connectivity index (χ1n) is 11.0. The lowest BCUT2D eigenvalue weighted by molar-refractivity contribution is 0.0422. The Kier molecular flexibility index (Phi) is 5.81. The number of primary sulfonamides is 1. The number of nitrogens with one attached hydrogen (secondary N) is 1. The molecule has 1 unspecified atom stereocenters. The van der Waals surface area contributed by atoms with Crippen LogP contribution in [0, 0.1) is 5.92 Å². The molecule has 8 nitrogen and oxygen atoms in total. The van der Waals surface area contributed by atoms with E-state index in [0.29, 0.717) is 24.8 Å². The van der Waals surface area contributed by atoms with Crippen LogP contribution in [0.2, 0.25) is 0 Å². The second kappa shape index (κ2) is 8.74. The molecular formula is C23H27N5O3S. The maximum absolute atomic E-state index is 11.6. The predicted molar refractivity (Wildman–Crippen MR) is 120 cm³/mol. The highest BCUT2D eigenvalue weighted by molar-refractivity contribution is 7.89. The molecule has 1 saturated carbocycles. The third-order valence-corrected chi connectivity index (χ3v) is 6.93. The van der Waals surface area contributed by atoms with E-state index in [0.717, 1.165) is 31.0 Å². The highest BCUT2D eigenvalue weighted by atomic mass is 32.2. The van der Waals surface area contributed by atoms with Gasteiger partial charge in [0.15, 0.2) is 5.82 Å². The molecular weight excluding hydrogens is 426 g/mol. The second-order valence-corrected chi connectivity index (χ2v) is 10.0. The quantitative estimate of drug-likeness (QED) is 0.541. The number of benzene rings is 2. The summed E-state index contributed by atoms with van der Waals surface area (Å²) in [7, 11) is -3.73. The number of ether oxygens (including phenoxy) is 1. The van der Waals surface area contributed by atoms with Gasteiger partial charge in [-0.3, -0.25) is 0 Å². The number of nitrogens with two attached hydrogens (primary N) is 1. The summed E-state index contributed by atoms with van der Waals surface area (Å²) in [5, 5.41) is 13.4. The summed E-state index contributed by atoms with van der Waals surface area (Å²) in [6, 6.07) is 14.9. The van der Waals surface area contributed by atoms with Crippen molar-refractivity contribution in [3.8, 4) is 5.69 Å². The summed E-state index contributed by atoms with van der Waals surface area (Å²) >= 11 is 0. The Bertz CT molecular complexity index is 1200. The van der Waals surface area contributed by atoms with Crippen molar-refractivity contribution in [3.63, 3.8) is 0 Å². The minimum atomic E-state index is -3.73. The SMILES string of the molecule is NS(=O)(=O)c1ccc(-n2nc(CNCC3OCCc4ccccc43)nc2CC2CC2)cc1. The first-order chi connectivity index (χ1) is 15.5. The largest absolute Gasteiger partial charge is 0.372 e. The average Bonchev–Trinajstić information content (AvgIpc) is 3.51. The third kappa shape index (κ3) is 4.75. The summed E-state index contributed by atoms with van der Waals surface area (Å²) in [5.41, 5.74) is 3.37. The number of aromatic nitrogens is 3. The van der Waals surface area contributed by atoms with Gasteiger partial charge in [-0.05, 0) is 60.6 Å². The molecule has 0 radical (unpaired) electrons. The van der Waals surface area contributed by atoms with Crippen LogP contribution >= 0.6 is 0 Å². The Morgan fingerprint density at radius 3 is 2.66 bits per heavy atom. The molecule has 2 heterocycles. The van der Waals surface area contributed by atoms with Gasteiger partial charge in [-0.25, -0.2) is 23.2 Å². The van der Waals surface area contributed by atoms with E-state index < -0.39 is 10.0 Å². The van der Waals surface area contributed by atoms with Crippen LogP contribution in [0.15, 0.2) is 53.4 Å². The van der Waals surface area contributed by atoms with Gasteiger partial charge in [-0.1, -0.05) is 24.3 Å². The number of hydrogen-bond acceptors (Lipinski definition) is 6. The Balaban J connectivity index is 1.30. The minimum absolute atomic E-state index is 0.0266. The van der Waals surface area contributed by atoms with E-state index in [2.05, 4.69) is 29.6 Å². The summed E-state index contributed by atoms with van der Waals surface area (Å²) in [5.74, 6) is 2.25. The Morgan fingerprint density at radius 2 is 1.91 bits per heavy atom.